The minimum absolute atomic E-state index is 0.243. The molecule has 5 nitrogen and oxygen atoms in total. The molecule has 130 valence electrons. The summed E-state index contributed by atoms with van der Waals surface area (Å²) in [7, 11) is 3.14. The minimum atomic E-state index is -0.320. The van der Waals surface area contributed by atoms with Crippen molar-refractivity contribution in [1.82, 2.24) is 5.32 Å². The molecule has 1 amide bonds. The third kappa shape index (κ3) is 5.61. The molecule has 0 fully saturated rings. The molecular weight excluding hydrogens is 336 g/mol. The van der Waals surface area contributed by atoms with Crippen LogP contribution in [0.4, 0.5) is 5.69 Å². The van der Waals surface area contributed by atoms with Gasteiger partial charge in [0.15, 0.2) is 16.6 Å². The SMILES string of the molecule is COc1ccc(C=CC(=O)NC(=S)Nc2cccc(C)c2)cc1OC. The van der Waals surface area contributed by atoms with Gasteiger partial charge in [-0.15, -0.1) is 0 Å². The first-order chi connectivity index (χ1) is 12.0. The van der Waals surface area contributed by atoms with Gasteiger partial charge in [-0.3, -0.25) is 10.1 Å². The van der Waals surface area contributed by atoms with Gasteiger partial charge < -0.3 is 14.8 Å². The highest BCUT2D eigenvalue weighted by atomic mass is 32.1. The van der Waals surface area contributed by atoms with Gasteiger partial charge in [0.25, 0.3) is 0 Å². The van der Waals surface area contributed by atoms with Crippen molar-refractivity contribution in [2.24, 2.45) is 0 Å². The molecule has 0 aliphatic carbocycles. The third-order valence-corrected chi connectivity index (χ3v) is 3.55. The highest BCUT2D eigenvalue weighted by Crippen LogP contribution is 2.27. The quantitative estimate of drug-likeness (QED) is 0.634. The van der Waals surface area contributed by atoms with E-state index >= 15 is 0 Å². The Labute approximate surface area is 152 Å². The maximum absolute atomic E-state index is 12.0. The van der Waals surface area contributed by atoms with Gasteiger partial charge in [0.1, 0.15) is 0 Å². The van der Waals surface area contributed by atoms with Crippen LogP contribution in [0.2, 0.25) is 0 Å². The van der Waals surface area contributed by atoms with Crippen LogP contribution in [0.3, 0.4) is 0 Å². The molecule has 0 spiro atoms. The summed E-state index contributed by atoms with van der Waals surface area (Å²) in [5, 5.41) is 5.83. The van der Waals surface area contributed by atoms with E-state index in [1.54, 1.807) is 32.4 Å². The minimum Gasteiger partial charge on any atom is -0.493 e. The van der Waals surface area contributed by atoms with Gasteiger partial charge in [-0.05, 0) is 60.6 Å². The number of thiocarbonyl (C=S) groups is 1. The number of ether oxygens (including phenoxy) is 2. The number of hydrogen-bond acceptors (Lipinski definition) is 4. The fraction of sp³-hybridized carbons (Fsp3) is 0.158. The molecule has 0 bridgehead atoms. The number of nitrogens with one attached hydrogen (secondary N) is 2. The molecule has 2 aromatic rings. The summed E-state index contributed by atoms with van der Waals surface area (Å²) in [6, 6.07) is 13.1. The average molecular weight is 356 g/mol. The number of methoxy groups -OCH3 is 2. The van der Waals surface area contributed by atoms with Crippen LogP contribution in [0.1, 0.15) is 11.1 Å². The Kier molecular flexibility index (Phi) is 6.54. The van der Waals surface area contributed by atoms with Gasteiger partial charge in [0.05, 0.1) is 14.2 Å². The van der Waals surface area contributed by atoms with Crippen LogP contribution < -0.4 is 20.1 Å². The van der Waals surface area contributed by atoms with Crippen molar-refractivity contribution >= 4 is 35.0 Å². The summed E-state index contributed by atoms with van der Waals surface area (Å²) in [6.07, 6.45) is 3.08. The number of rotatable bonds is 5. The van der Waals surface area contributed by atoms with E-state index in [1.807, 2.05) is 37.3 Å². The Morgan fingerprint density at radius 1 is 1.08 bits per heavy atom. The van der Waals surface area contributed by atoms with Crippen molar-refractivity contribution in [1.29, 1.82) is 0 Å². The second kappa shape index (κ2) is 8.84. The number of anilines is 1. The van der Waals surface area contributed by atoms with E-state index in [0.29, 0.717) is 11.5 Å². The fourth-order valence-electron chi connectivity index (χ4n) is 2.17. The Balaban J connectivity index is 1.95. The molecule has 0 heterocycles. The number of aryl methyl sites for hydroxylation is 1. The Bertz CT molecular complexity index is 803. The molecule has 0 atom stereocenters. The summed E-state index contributed by atoms with van der Waals surface area (Å²) < 4.78 is 10.4. The standard InChI is InChI=1S/C19H20N2O3S/c1-13-5-4-6-15(11-13)20-19(25)21-18(22)10-8-14-7-9-16(23-2)17(12-14)24-3/h4-12H,1-3H3,(H2,20,21,22,25). The highest BCUT2D eigenvalue weighted by Gasteiger charge is 2.04. The predicted molar refractivity (Wildman–Crippen MR) is 104 cm³/mol. The molecule has 0 aromatic heterocycles. The van der Waals surface area contributed by atoms with E-state index in [4.69, 9.17) is 21.7 Å². The Morgan fingerprint density at radius 3 is 2.52 bits per heavy atom. The number of benzene rings is 2. The lowest BCUT2D eigenvalue weighted by atomic mass is 10.2. The second-order valence-corrected chi connectivity index (χ2v) is 5.67. The van der Waals surface area contributed by atoms with Crippen LogP contribution in [0, 0.1) is 6.92 Å². The maximum atomic E-state index is 12.0. The van der Waals surface area contributed by atoms with Crippen molar-refractivity contribution < 1.29 is 14.3 Å². The van der Waals surface area contributed by atoms with E-state index in [1.165, 1.54) is 6.08 Å². The van der Waals surface area contributed by atoms with Crippen LogP contribution in [0.25, 0.3) is 6.08 Å². The van der Waals surface area contributed by atoms with Gasteiger partial charge in [0, 0.05) is 11.8 Å². The lowest BCUT2D eigenvalue weighted by Gasteiger charge is -2.09. The average Bonchev–Trinajstić information content (AvgIpc) is 2.59. The molecule has 0 radical (unpaired) electrons. The monoisotopic (exact) mass is 356 g/mol. The van der Waals surface area contributed by atoms with Crippen LogP contribution in [0.5, 0.6) is 11.5 Å². The summed E-state index contributed by atoms with van der Waals surface area (Å²) in [4.78, 5) is 12.0. The molecule has 0 saturated heterocycles. The molecule has 0 aliphatic rings. The van der Waals surface area contributed by atoms with E-state index in [2.05, 4.69) is 10.6 Å². The van der Waals surface area contributed by atoms with Gasteiger partial charge >= 0.3 is 0 Å². The lowest BCUT2D eigenvalue weighted by molar-refractivity contribution is -0.115. The number of amides is 1. The van der Waals surface area contributed by atoms with E-state index in [-0.39, 0.29) is 11.0 Å². The van der Waals surface area contributed by atoms with Crippen molar-refractivity contribution in [3.8, 4) is 11.5 Å². The zero-order valence-electron chi connectivity index (χ0n) is 14.3. The molecule has 2 rings (SSSR count). The smallest absolute Gasteiger partial charge is 0.250 e. The van der Waals surface area contributed by atoms with Gasteiger partial charge in [-0.2, -0.15) is 0 Å². The lowest BCUT2D eigenvalue weighted by Crippen LogP contribution is -2.32. The zero-order chi connectivity index (χ0) is 18.2. The molecule has 2 N–H and O–H groups in total. The van der Waals surface area contributed by atoms with Crippen LogP contribution in [0.15, 0.2) is 48.5 Å². The van der Waals surface area contributed by atoms with Crippen molar-refractivity contribution in [2.75, 3.05) is 19.5 Å². The van der Waals surface area contributed by atoms with Gasteiger partial charge in [-0.25, -0.2) is 0 Å². The van der Waals surface area contributed by atoms with Crippen LogP contribution in [-0.2, 0) is 4.79 Å². The summed E-state index contributed by atoms with van der Waals surface area (Å²) in [5.74, 6) is 0.911. The van der Waals surface area contributed by atoms with E-state index < -0.39 is 0 Å². The van der Waals surface area contributed by atoms with Gasteiger partial charge in [0.2, 0.25) is 5.91 Å². The normalized spacial score (nSPS) is 10.4. The summed E-state index contributed by atoms with van der Waals surface area (Å²) in [6.45, 7) is 1.98. The molecule has 6 heteroatoms. The van der Waals surface area contributed by atoms with Crippen LogP contribution >= 0.6 is 12.2 Å². The largest absolute Gasteiger partial charge is 0.493 e. The van der Waals surface area contributed by atoms with E-state index in [0.717, 1.165) is 16.8 Å². The number of carbonyl (C=O) groups excluding carboxylic acids is 1. The summed E-state index contributed by atoms with van der Waals surface area (Å²) >= 11 is 5.15. The van der Waals surface area contributed by atoms with E-state index in [9.17, 15) is 4.79 Å². The van der Waals surface area contributed by atoms with Gasteiger partial charge in [-0.1, -0.05) is 18.2 Å². The summed E-state index contributed by atoms with van der Waals surface area (Å²) in [5.41, 5.74) is 2.74. The number of carbonyl (C=O) groups is 1. The predicted octanol–water partition coefficient (Wildman–Crippen LogP) is 3.54. The topological polar surface area (TPSA) is 59.6 Å². The fourth-order valence-corrected chi connectivity index (χ4v) is 2.39. The number of hydrogen-bond donors (Lipinski definition) is 2. The maximum Gasteiger partial charge on any atom is 0.250 e. The molecule has 0 saturated carbocycles. The second-order valence-electron chi connectivity index (χ2n) is 5.26. The molecule has 0 unspecified atom stereocenters. The first kappa shape index (κ1) is 18.5. The molecule has 2 aromatic carbocycles. The molecular formula is C19H20N2O3S. The van der Waals surface area contributed by atoms with Crippen molar-refractivity contribution in [3.63, 3.8) is 0 Å². The third-order valence-electron chi connectivity index (χ3n) is 3.35. The first-order valence-corrected chi connectivity index (χ1v) is 8.01. The molecule has 0 aliphatic heterocycles. The zero-order valence-corrected chi connectivity index (χ0v) is 15.1. The van der Waals surface area contributed by atoms with Crippen molar-refractivity contribution in [3.05, 3.63) is 59.7 Å². The highest BCUT2D eigenvalue weighted by molar-refractivity contribution is 7.80. The first-order valence-electron chi connectivity index (χ1n) is 7.60. The van der Waals surface area contributed by atoms with Crippen LogP contribution in [-0.4, -0.2) is 25.2 Å². The Hall–Kier alpha value is -2.86. The molecule has 25 heavy (non-hydrogen) atoms. The van der Waals surface area contributed by atoms with Crippen molar-refractivity contribution in [2.45, 2.75) is 6.92 Å². The Morgan fingerprint density at radius 2 is 1.84 bits per heavy atom.